The number of ether oxygens (including phenoxy) is 1. The van der Waals surface area contributed by atoms with Gasteiger partial charge in [0, 0.05) is 10.7 Å². The Morgan fingerprint density at radius 1 is 1.37 bits per heavy atom. The van der Waals surface area contributed by atoms with Crippen molar-refractivity contribution in [3.8, 4) is 11.6 Å². The zero-order chi connectivity index (χ0) is 14.0. The van der Waals surface area contributed by atoms with Gasteiger partial charge in [-0.3, -0.25) is 0 Å². The summed E-state index contributed by atoms with van der Waals surface area (Å²) >= 11 is 3.06. The van der Waals surface area contributed by atoms with E-state index in [-0.39, 0.29) is 11.4 Å². The van der Waals surface area contributed by atoms with Crippen molar-refractivity contribution in [2.75, 3.05) is 0 Å². The quantitative estimate of drug-likeness (QED) is 0.934. The molecule has 0 radical (unpaired) electrons. The zero-order valence-corrected chi connectivity index (χ0v) is 10.8. The SMILES string of the molecule is O=C(O)c1cc(Br)cnc1Oc1cccc(F)c1F. The fraction of sp³-hybridized carbons (Fsp3) is 0. The van der Waals surface area contributed by atoms with Gasteiger partial charge in [-0.25, -0.2) is 14.2 Å². The summed E-state index contributed by atoms with van der Waals surface area (Å²) in [6.07, 6.45) is 1.29. The lowest BCUT2D eigenvalue weighted by atomic mass is 10.2. The summed E-state index contributed by atoms with van der Waals surface area (Å²) in [6, 6.07) is 4.60. The van der Waals surface area contributed by atoms with Crippen molar-refractivity contribution in [2.45, 2.75) is 0 Å². The first-order valence-electron chi connectivity index (χ1n) is 4.99. The van der Waals surface area contributed by atoms with Crippen LogP contribution in [0.3, 0.4) is 0 Å². The van der Waals surface area contributed by atoms with Crippen LogP contribution in [0.25, 0.3) is 0 Å². The molecule has 98 valence electrons. The third kappa shape index (κ3) is 2.87. The summed E-state index contributed by atoms with van der Waals surface area (Å²) in [7, 11) is 0. The molecular weight excluding hydrogens is 324 g/mol. The van der Waals surface area contributed by atoms with Crippen molar-refractivity contribution in [2.24, 2.45) is 0 Å². The van der Waals surface area contributed by atoms with E-state index in [0.717, 1.165) is 6.07 Å². The van der Waals surface area contributed by atoms with Crippen LogP contribution in [-0.4, -0.2) is 16.1 Å². The third-order valence-corrected chi connectivity index (χ3v) is 2.60. The van der Waals surface area contributed by atoms with Gasteiger partial charge in [0.05, 0.1) is 0 Å². The maximum Gasteiger partial charge on any atom is 0.341 e. The van der Waals surface area contributed by atoms with Crippen LogP contribution in [0.2, 0.25) is 0 Å². The number of benzene rings is 1. The lowest BCUT2D eigenvalue weighted by Gasteiger charge is -2.08. The Morgan fingerprint density at radius 2 is 2.11 bits per heavy atom. The predicted octanol–water partition coefficient (Wildman–Crippen LogP) is 3.61. The number of hydrogen-bond acceptors (Lipinski definition) is 3. The maximum absolute atomic E-state index is 13.4. The molecule has 0 unspecified atom stereocenters. The molecule has 4 nitrogen and oxygen atoms in total. The fourth-order valence-corrected chi connectivity index (χ4v) is 1.66. The first-order chi connectivity index (χ1) is 8.99. The Hall–Kier alpha value is -2.02. The molecule has 0 atom stereocenters. The Bertz CT molecular complexity index is 649. The van der Waals surface area contributed by atoms with Crippen molar-refractivity contribution >= 4 is 21.9 Å². The van der Waals surface area contributed by atoms with E-state index in [1.54, 1.807) is 0 Å². The van der Waals surface area contributed by atoms with Crippen molar-refractivity contribution in [3.63, 3.8) is 0 Å². The van der Waals surface area contributed by atoms with Gasteiger partial charge >= 0.3 is 5.97 Å². The van der Waals surface area contributed by atoms with Gasteiger partial charge in [0.15, 0.2) is 11.6 Å². The van der Waals surface area contributed by atoms with Crippen LogP contribution in [0.15, 0.2) is 34.9 Å². The van der Waals surface area contributed by atoms with Crippen molar-refractivity contribution < 1.29 is 23.4 Å². The minimum atomic E-state index is -1.29. The van der Waals surface area contributed by atoms with Gasteiger partial charge in [0.1, 0.15) is 5.56 Å². The second kappa shape index (κ2) is 5.31. The van der Waals surface area contributed by atoms with Gasteiger partial charge in [-0.1, -0.05) is 6.07 Å². The summed E-state index contributed by atoms with van der Waals surface area (Å²) in [6.45, 7) is 0. The molecular formula is C12H6BrF2NO3. The lowest BCUT2D eigenvalue weighted by molar-refractivity contribution is 0.0693. The summed E-state index contributed by atoms with van der Waals surface area (Å²) in [5.74, 6) is -4.34. The molecule has 0 fully saturated rings. The second-order valence-corrected chi connectivity index (χ2v) is 4.38. The van der Waals surface area contributed by atoms with Crippen LogP contribution in [0, 0.1) is 11.6 Å². The molecule has 1 heterocycles. The monoisotopic (exact) mass is 329 g/mol. The van der Waals surface area contributed by atoms with E-state index < -0.39 is 23.4 Å². The molecule has 1 aromatic heterocycles. The molecule has 2 rings (SSSR count). The number of carbonyl (C=O) groups is 1. The summed E-state index contributed by atoms with van der Waals surface area (Å²) in [4.78, 5) is 14.7. The molecule has 1 aromatic carbocycles. The Kier molecular flexibility index (Phi) is 3.75. The van der Waals surface area contributed by atoms with Crippen LogP contribution >= 0.6 is 15.9 Å². The average Bonchev–Trinajstić information content (AvgIpc) is 2.36. The Labute approximate surface area is 114 Å². The van der Waals surface area contributed by atoms with Gasteiger partial charge in [-0.2, -0.15) is 4.39 Å². The molecule has 0 aliphatic rings. The van der Waals surface area contributed by atoms with Crippen LogP contribution in [0.5, 0.6) is 11.6 Å². The number of aromatic carboxylic acids is 1. The van der Waals surface area contributed by atoms with Crippen molar-refractivity contribution in [3.05, 3.63) is 52.1 Å². The molecule has 19 heavy (non-hydrogen) atoms. The number of pyridine rings is 1. The first-order valence-corrected chi connectivity index (χ1v) is 5.79. The number of nitrogens with zero attached hydrogens (tertiary/aromatic N) is 1. The summed E-state index contributed by atoms with van der Waals surface area (Å²) in [5, 5.41) is 8.98. The molecule has 1 N–H and O–H groups in total. The van der Waals surface area contributed by atoms with E-state index in [9.17, 15) is 13.6 Å². The number of hydrogen-bond donors (Lipinski definition) is 1. The molecule has 0 saturated carbocycles. The predicted molar refractivity (Wildman–Crippen MR) is 65.3 cm³/mol. The van der Waals surface area contributed by atoms with Gasteiger partial charge in [0.2, 0.25) is 11.7 Å². The third-order valence-electron chi connectivity index (χ3n) is 2.17. The number of aromatic nitrogens is 1. The topological polar surface area (TPSA) is 59.4 Å². The van der Waals surface area contributed by atoms with Crippen LogP contribution < -0.4 is 4.74 Å². The summed E-state index contributed by atoms with van der Waals surface area (Å²) in [5.41, 5.74) is -0.266. The number of carboxylic acids is 1. The van der Waals surface area contributed by atoms with E-state index in [1.807, 2.05) is 0 Å². The second-order valence-electron chi connectivity index (χ2n) is 3.47. The highest BCUT2D eigenvalue weighted by Crippen LogP contribution is 2.28. The highest BCUT2D eigenvalue weighted by Gasteiger charge is 2.17. The largest absolute Gasteiger partial charge is 0.477 e. The van der Waals surface area contributed by atoms with Gasteiger partial charge in [-0.05, 0) is 34.1 Å². The van der Waals surface area contributed by atoms with Crippen LogP contribution in [0.1, 0.15) is 10.4 Å². The minimum Gasteiger partial charge on any atom is -0.477 e. The normalized spacial score (nSPS) is 10.3. The number of carboxylic acid groups (broad SMARTS) is 1. The molecule has 0 amide bonds. The highest BCUT2D eigenvalue weighted by atomic mass is 79.9. The maximum atomic E-state index is 13.4. The molecule has 0 aliphatic carbocycles. The molecule has 7 heteroatoms. The van der Waals surface area contributed by atoms with Crippen LogP contribution in [-0.2, 0) is 0 Å². The average molecular weight is 330 g/mol. The van der Waals surface area contributed by atoms with E-state index >= 15 is 0 Å². The smallest absolute Gasteiger partial charge is 0.341 e. The van der Waals surface area contributed by atoms with Crippen LogP contribution in [0.4, 0.5) is 8.78 Å². The van der Waals surface area contributed by atoms with E-state index in [0.29, 0.717) is 4.47 Å². The van der Waals surface area contributed by atoms with E-state index in [4.69, 9.17) is 9.84 Å². The Balaban J connectivity index is 2.44. The molecule has 2 aromatic rings. The standard InChI is InChI=1S/C12H6BrF2NO3/c13-6-4-7(12(17)18)11(16-5-6)19-9-3-1-2-8(14)10(9)15/h1-5H,(H,17,18). The molecule has 0 spiro atoms. The van der Waals surface area contributed by atoms with E-state index in [2.05, 4.69) is 20.9 Å². The Morgan fingerprint density at radius 3 is 2.79 bits per heavy atom. The van der Waals surface area contributed by atoms with Crippen molar-refractivity contribution in [1.82, 2.24) is 4.98 Å². The summed E-state index contributed by atoms with van der Waals surface area (Å²) < 4.78 is 31.9. The molecule has 0 aliphatic heterocycles. The van der Waals surface area contributed by atoms with Crippen molar-refractivity contribution in [1.29, 1.82) is 0 Å². The van der Waals surface area contributed by atoms with Gasteiger partial charge < -0.3 is 9.84 Å². The number of rotatable bonds is 3. The highest BCUT2D eigenvalue weighted by molar-refractivity contribution is 9.10. The van der Waals surface area contributed by atoms with E-state index in [1.165, 1.54) is 24.4 Å². The minimum absolute atomic E-state index is 0.266. The molecule has 0 saturated heterocycles. The number of halogens is 3. The molecule has 0 bridgehead atoms. The lowest BCUT2D eigenvalue weighted by Crippen LogP contribution is -2.03. The van der Waals surface area contributed by atoms with Gasteiger partial charge in [-0.15, -0.1) is 0 Å². The fourth-order valence-electron chi connectivity index (χ4n) is 1.33. The first kappa shape index (κ1) is 13.4. The van der Waals surface area contributed by atoms with Gasteiger partial charge in [0.25, 0.3) is 0 Å². The zero-order valence-electron chi connectivity index (χ0n) is 9.23.